The molecule has 0 aliphatic heterocycles. The lowest BCUT2D eigenvalue weighted by atomic mass is 13.0. The van der Waals surface area contributed by atoms with Crippen LogP contribution in [0.4, 0.5) is 0 Å². The van der Waals surface area contributed by atoms with Crippen LogP contribution >= 0.6 is 0 Å². The van der Waals surface area contributed by atoms with E-state index in [1.807, 2.05) is 0 Å². The van der Waals surface area contributed by atoms with Crippen LogP contribution in [0.3, 0.4) is 0 Å². The Balaban J connectivity index is -0.0000000356. The zero-order chi connectivity index (χ0) is 10.8. The fourth-order valence-electron chi connectivity index (χ4n) is 0. The van der Waals surface area contributed by atoms with Crippen LogP contribution in [0.15, 0.2) is 0 Å². The maximum atomic E-state index is 6.86. The molecule has 0 saturated carbocycles. The van der Waals surface area contributed by atoms with Crippen molar-refractivity contribution < 1.29 is 0 Å². The summed E-state index contributed by atoms with van der Waals surface area (Å²) in [6.07, 6.45) is 0. The molecule has 12 nitrogen and oxygen atoms in total. The van der Waals surface area contributed by atoms with E-state index in [1.165, 1.54) is 14.7 Å². The van der Waals surface area contributed by atoms with E-state index in [4.69, 9.17) is 44.2 Å². The molecule has 12 heteroatoms. The minimum Gasteiger partial charge on any atom is -0.373 e. The van der Waals surface area contributed by atoms with E-state index >= 15 is 0 Å². The summed E-state index contributed by atoms with van der Waals surface area (Å²) in [5, 5.41) is 0. The zero-order valence-corrected chi connectivity index (χ0v) is 5.42. The second kappa shape index (κ2) is 281. The fraction of sp³-hybridized carbons (Fsp3) is 0. The van der Waals surface area contributed by atoms with E-state index in [0.29, 0.717) is 0 Å². The number of nitrogens with one attached hydrogen (secondary N) is 1. The summed E-state index contributed by atoms with van der Waals surface area (Å²) in [5.41, 5.74) is 52.8. The van der Waals surface area contributed by atoms with Gasteiger partial charge in [-0.2, -0.15) is 0 Å². The molecule has 0 bridgehead atoms. The van der Waals surface area contributed by atoms with Crippen molar-refractivity contribution in [3.8, 4) is 0 Å². The fourth-order valence-corrected chi connectivity index (χ4v) is 0. The molecule has 0 saturated heterocycles. The first kappa shape index (κ1) is 22.8. The van der Waals surface area contributed by atoms with Crippen molar-refractivity contribution in [1.82, 2.24) is 0 Å². The molecule has 0 aromatic carbocycles. The van der Waals surface area contributed by atoms with E-state index in [2.05, 4.69) is 0 Å². The molecule has 0 rings (SSSR count). The van der Waals surface area contributed by atoms with Gasteiger partial charge < -0.3 is 33.2 Å². The van der Waals surface area contributed by atoms with Crippen molar-refractivity contribution in [2.45, 2.75) is 0 Å². The molecule has 1 N–H and O–H groups in total. The van der Waals surface area contributed by atoms with Gasteiger partial charge in [-0.3, -0.25) is 14.7 Å². The Bertz CT molecular complexity index is 132. The summed E-state index contributed by atoms with van der Waals surface area (Å²) < 4.78 is 0. The smallest absolute Gasteiger partial charge is 0.00208 e. The molecule has 0 aliphatic rings. The Labute approximate surface area is 65.1 Å². The van der Waals surface area contributed by atoms with E-state index in [9.17, 15) is 0 Å². The molecule has 0 unspecified atom stereocenters. The van der Waals surface area contributed by atoms with Crippen molar-refractivity contribution in [3.05, 3.63) is 58.4 Å². The average Bonchev–Trinajstić information content (AvgIpc) is 1.92. The Kier molecular flexibility index (Phi) is 535. The topological polar surface area (TPSA) is 236 Å². The molecule has 0 atom stereocenters. The molecule has 0 heterocycles. The third kappa shape index (κ3) is 37.0. The van der Waals surface area contributed by atoms with Gasteiger partial charge in [0.15, 0.2) is 0 Å². The number of hydrogen-bond acceptors (Lipinski definition) is 1. The minimum atomic E-state index is 1.50. The molecule has 0 amide bonds. The molecule has 0 spiro atoms. The maximum absolute atomic E-state index is 6.86. The van der Waals surface area contributed by atoms with Crippen molar-refractivity contribution in [1.29, 1.82) is 5.53 Å². The van der Waals surface area contributed by atoms with Gasteiger partial charge in [0.25, 0.3) is 0 Å². The highest BCUT2D eigenvalue weighted by Gasteiger charge is 0.973. The normalized spacial score (nSPS) is 2.67. The van der Waals surface area contributed by atoms with Gasteiger partial charge in [-0.1, -0.05) is 0 Å². The largest absolute Gasteiger partial charge is 0.373 e. The van der Waals surface area contributed by atoms with Crippen molar-refractivity contribution in [2.75, 3.05) is 0 Å². The maximum Gasteiger partial charge on any atom is -0.00208 e. The first-order valence-electron chi connectivity index (χ1n) is 1.62. The Morgan fingerprint density at radius 2 is 0.583 bits per heavy atom. The van der Waals surface area contributed by atoms with Crippen molar-refractivity contribution in [3.63, 3.8) is 0 Å². The Hall–Kier alpha value is -2.76. The predicted molar refractivity (Wildman–Crippen MR) is 39.7 cm³/mol. The van der Waals surface area contributed by atoms with Crippen molar-refractivity contribution >= 4 is 0 Å². The molecule has 0 radical (unpaired) electrons. The highest BCUT2D eigenvalue weighted by atomic mass is 15.0. The molecule has 64 valence electrons. The zero-order valence-electron chi connectivity index (χ0n) is 5.42. The summed E-state index contributed by atoms with van der Waals surface area (Å²) in [7, 11) is 0. The number of rotatable bonds is 0. The van der Waals surface area contributed by atoms with Crippen molar-refractivity contribution in [2.24, 2.45) is 0 Å². The summed E-state index contributed by atoms with van der Waals surface area (Å²) >= 11 is 0. The van der Waals surface area contributed by atoms with Crippen LogP contribution in [0.2, 0.25) is 0 Å². The molecular formula is HN12-3. The van der Waals surface area contributed by atoms with E-state index in [0.717, 1.165) is 0 Å². The highest BCUT2D eigenvalue weighted by molar-refractivity contribution is 4.37. The first-order valence-corrected chi connectivity index (χ1v) is 1.62. The third-order valence-corrected chi connectivity index (χ3v) is 0. The second-order valence-electron chi connectivity index (χ2n) is 0.368. The average molecular weight is 169 g/mol. The van der Waals surface area contributed by atoms with Gasteiger partial charge >= 0.3 is 0 Å². The van der Waals surface area contributed by atoms with Gasteiger partial charge in [0.05, 0.1) is 0 Å². The van der Waals surface area contributed by atoms with E-state index < -0.39 is 0 Å². The summed E-state index contributed by atoms with van der Waals surface area (Å²) in [6.45, 7) is 0. The molecule has 0 aromatic heterocycles. The monoisotopic (exact) mass is 169 g/mol. The lowest BCUT2D eigenvalue weighted by Gasteiger charge is -1.32. The quantitative estimate of drug-likeness (QED) is 0.311. The van der Waals surface area contributed by atoms with Crippen LogP contribution in [0, 0.1) is 5.53 Å². The van der Waals surface area contributed by atoms with Gasteiger partial charge in [-0.05, 0) is 10.4 Å². The standard InChI is InChI=1S/HN3.3N3/c4*1-3-2/h1H;;;/q;3*-1. The van der Waals surface area contributed by atoms with Gasteiger partial charge in [0, 0.05) is 0 Å². The minimum absolute atomic E-state index is 1.50. The molecular weight excluding hydrogens is 168 g/mol. The first-order chi connectivity index (χ1) is 5.66. The Morgan fingerprint density at radius 3 is 0.583 bits per heavy atom. The van der Waals surface area contributed by atoms with E-state index in [1.54, 1.807) is 4.91 Å². The van der Waals surface area contributed by atoms with E-state index in [-0.39, 0.29) is 0 Å². The summed E-state index contributed by atoms with van der Waals surface area (Å²) in [5.74, 6) is 0. The Morgan fingerprint density at radius 1 is 0.583 bits per heavy atom. The van der Waals surface area contributed by atoms with Gasteiger partial charge in [0.2, 0.25) is 0 Å². The van der Waals surface area contributed by atoms with Gasteiger partial charge in [0.1, 0.15) is 0 Å². The van der Waals surface area contributed by atoms with Crippen LogP contribution < -0.4 is 0 Å². The summed E-state index contributed by atoms with van der Waals surface area (Å²) in [6, 6.07) is 0. The lowest BCUT2D eigenvalue weighted by Crippen LogP contribution is -0.769. The third-order valence-electron chi connectivity index (χ3n) is 0. The highest BCUT2D eigenvalue weighted by Crippen LogP contribution is 1.30. The van der Waals surface area contributed by atoms with Crippen LogP contribution in [-0.2, 0) is 0 Å². The van der Waals surface area contributed by atoms with Crippen LogP contribution in [0.1, 0.15) is 0 Å². The number of nitrogens with zero attached hydrogens (tertiary/aromatic N) is 11. The summed E-state index contributed by atoms with van der Waals surface area (Å²) in [4.78, 5) is 6.25. The van der Waals surface area contributed by atoms with Crippen LogP contribution in [-0.4, -0.2) is 0 Å². The lowest BCUT2D eigenvalue weighted by molar-refractivity contribution is 1.45. The van der Waals surface area contributed by atoms with Crippen LogP contribution in [0.25, 0.3) is 58.4 Å². The van der Waals surface area contributed by atoms with Gasteiger partial charge in [-0.25, -0.2) is 0 Å². The van der Waals surface area contributed by atoms with Gasteiger partial charge in [-0.15, -0.1) is 5.53 Å². The SMILES string of the molecule is [N-]=[N+]=N.[N-]=[N+]=[N-].[N-]=[N+]=[N-].[N-]=[N+]=[N-]. The molecule has 0 aliphatic carbocycles. The molecule has 0 fully saturated rings. The number of hydrogen-bond donors (Lipinski definition) is 1. The molecule has 12 heavy (non-hydrogen) atoms. The second-order valence-corrected chi connectivity index (χ2v) is 0.368. The predicted octanol–water partition coefficient (Wildman–Crippen LogP) is 3.47. The van der Waals surface area contributed by atoms with Crippen LogP contribution in [0.5, 0.6) is 0 Å². The molecule has 0 aromatic rings.